The minimum absolute atomic E-state index is 0.218. The largest absolute Gasteiger partial charge is 0.465 e. The molecule has 0 heterocycles. The molecule has 0 aromatic heterocycles. The van der Waals surface area contributed by atoms with Crippen LogP contribution in [0.5, 0.6) is 0 Å². The lowest BCUT2D eigenvalue weighted by molar-refractivity contribution is -0.145. The first-order chi connectivity index (χ1) is 9.43. The van der Waals surface area contributed by atoms with E-state index in [4.69, 9.17) is 10.5 Å². The summed E-state index contributed by atoms with van der Waals surface area (Å²) in [5, 5.41) is 0. The number of ether oxygens (including phenoxy) is 1. The number of amides is 1. The van der Waals surface area contributed by atoms with Gasteiger partial charge in [0.2, 0.25) is 5.91 Å². The number of carbonyl (C=O) groups excluding carboxylic acids is 2. The second kappa shape index (κ2) is 7.65. The Morgan fingerprint density at radius 2 is 1.85 bits per heavy atom. The normalized spacial score (nSPS) is 10.8. The summed E-state index contributed by atoms with van der Waals surface area (Å²) < 4.78 is 4.97. The molecular formula is C15H22N2O3. The molecule has 1 aromatic rings. The second-order valence-corrected chi connectivity index (χ2v) is 4.86. The van der Waals surface area contributed by atoms with Gasteiger partial charge in [-0.15, -0.1) is 0 Å². The monoisotopic (exact) mass is 278 g/mol. The Morgan fingerprint density at radius 1 is 1.25 bits per heavy atom. The number of carbonyl (C=O) groups is 2. The lowest BCUT2D eigenvalue weighted by atomic mass is 10.1. The predicted molar refractivity (Wildman–Crippen MR) is 77.1 cm³/mol. The van der Waals surface area contributed by atoms with E-state index in [9.17, 15) is 9.59 Å². The summed E-state index contributed by atoms with van der Waals surface area (Å²) in [7, 11) is 0. The molecule has 0 aliphatic rings. The van der Waals surface area contributed by atoms with Gasteiger partial charge in [-0.25, -0.2) is 0 Å². The van der Waals surface area contributed by atoms with Gasteiger partial charge in [-0.05, 0) is 38.5 Å². The Bertz CT molecular complexity index is 455. The highest BCUT2D eigenvalue weighted by atomic mass is 16.5. The fourth-order valence-electron chi connectivity index (χ4n) is 1.80. The van der Waals surface area contributed by atoms with Gasteiger partial charge in [-0.1, -0.05) is 12.1 Å². The number of benzene rings is 1. The molecule has 0 aliphatic heterocycles. The highest BCUT2D eigenvalue weighted by Crippen LogP contribution is 2.10. The molecule has 20 heavy (non-hydrogen) atoms. The molecule has 5 heteroatoms. The third-order valence-corrected chi connectivity index (χ3v) is 2.99. The number of hydrogen-bond donors (Lipinski definition) is 1. The Kier molecular flexibility index (Phi) is 6.18. The van der Waals surface area contributed by atoms with Crippen LogP contribution < -0.4 is 5.73 Å². The van der Waals surface area contributed by atoms with Crippen molar-refractivity contribution in [1.29, 1.82) is 0 Å². The first kappa shape index (κ1) is 16.2. The summed E-state index contributed by atoms with van der Waals surface area (Å²) in [5.41, 5.74) is 6.70. The van der Waals surface area contributed by atoms with Crippen molar-refractivity contribution in [1.82, 2.24) is 4.90 Å². The van der Waals surface area contributed by atoms with E-state index in [1.165, 1.54) is 0 Å². The van der Waals surface area contributed by atoms with Gasteiger partial charge in [0.25, 0.3) is 0 Å². The number of nitrogens with zero attached hydrogens (tertiary/aromatic N) is 1. The van der Waals surface area contributed by atoms with Gasteiger partial charge in [-0.2, -0.15) is 0 Å². The summed E-state index contributed by atoms with van der Waals surface area (Å²) in [6.07, 6.45) is 0. The van der Waals surface area contributed by atoms with E-state index in [0.717, 1.165) is 5.56 Å². The average molecular weight is 278 g/mol. The van der Waals surface area contributed by atoms with Crippen molar-refractivity contribution >= 4 is 11.9 Å². The van der Waals surface area contributed by atoms with Gasteiger partial charge in [0.1, 0.15) is 0 Å². The first-order valence-electron chi connectivity index (χ1n) is 6.72. The smallest absolute Gasteiger partial charge is 0.320 e. The van der Waals surface area contributed by atoms with Crippen LogP contribution in [0.1, 0.15) is 36.7 Å². The van der Waals surface area contributed by atoms with Gasteiger partial charge in [0.15, 0.2) is 0 Å². The van der Waals surface area contributed by atoms with Crippen LogP contribution in [0.2, 0.25) is 0 Å². The number of nitrogens with two attached hydrogens (primary N) is 1. The van der Waals surface area contributed by atoms with Crippen molar-refractivity contribution in [2.75, 3.05) is 13.2 Å². The molecular weight excluding hydrogens is 256 g/mol. The maximum Gasteiger partial charge on any atom is 0.320 e. The minimum atomic E-state index is -0.441. The Hall–Kier alpha value is -1.88. The van der Waals surface area contributed by atoms with E-state index in [-0.39, 0.29) is 18.6 Å². The van der Waals surface area contributed by atoms with Crippen LogP contribution in [-0.4, -0.2) is 36.0 Å². The Labute approximate surface area is 119 Å². The Morgan fingerprint density at radius 3 is 2.30 bits per heavy atom. The molecule has 2 N–H and O–H groups in total. The molecule has 0 radical (unpaired) electrons. The average Bonchev–Trinajstić information content (AvgIpc) is 2.38. The van der Waals surface area contributed by atoms with Gasteiger partial charge in [0.05, 0.1) is 13.2 Å². The number of primary amides is 1. The van der Waals surface area contributed by atoms with Crippen molar-refractivity contribution in [2.24, 2.45) is 5.73 Å². The van der Waals surface area contributed by atoms with Crippen LogP contribution in [0.25, 0.3) is 0 Å². The molecule has 5 nitrogen and oxygen atoms in total. The minimum Gasteiger partial charge on any atom is -0.465 e. The molecule has 110 valence electrons. The maximum absolute atomic E-state index is 11.6. The van der Waals surface area contributed by atoms with Gasteiger partial charge in [0, 0.05) is 18.2 Å². The second-order valence-electron chi connectivity index (χ2n) is 4.86. The van der Waals surface area contributed by atoms with E-state index in [0.29, 0.717) is 18.7 Å². The van der Waals surface area contributed by atoms with Gasteiger partial charge < -0.3 is 10.5 Å². The first-order valence-corrected chi connectivity index (χ1v) is 6.72. The molecule has 1 amide bonds. The van der Waals surface area contributed by atoms with Crippen molar-refractivity contribution in [3.05, 3.63) is 35.4 Å². The molecule has 0 fully saturated rings. The third kappa shape index (κ3) is 5.01. The van der Waals surface area contributed by atoms with E-state index in [1.54, 1.807) is 19.1 Å². The molecule has 0 saturated heterocycles. The highest BCUT2D eigenvalue weighted by molar-refractivity contribution is 5.92. The van der Waals surface area contributed by atoms with Gasteiger partial charge in [-0.3, -0.25) is 14.5 Å². The summed E-state index contributed by atoms with van der Waals surface area (Å²) in [5.74, 6) is -0.668. The van der Waals surface area contributed by atoms with E-state index < -0.39 is 5.91 Å². The topological polar surface area (TPSA) is 72.6 Å². The summed E-state index contributed by atoms with van der Waals surface area (Å²) >= 11 is 0. The molecule has 0 unspecified atom stereocenters. The van der Waals surface area contributed by atoms with Crippen molar-refractivity contribution in [2.45, 2.75) is 33.4 Å². The lowest BCUT2D eigenvalue weighted by Gasteiger charge is -2.25. The number of esters is 1. The molecule has 0 bridgehead atoms. The molecule has 1 rings (SSSR count). The predicted octanol–water partition coefficient (Wildman–Crippen LogP) is 1.56. The SMILES string of the molecule is CCOC(=O)CN(Cc1ccc(C(N)=O)cc1)C(C)C. The Balaban J connectivity index is 2.70. The number of hydrogen-bond acceptors (Lipinski definition) is 4. The van der Waals surface area contributed by atoms with Crippen molar-refractivity contribution < 1.29 is 14.3 Å². The molecule has 0 saturated carbocycles. The summed E-state index contributed by atoms with van der Waals surface area (Å²) in [6.45, 7) is 7.10. The molecule has 1 aromatic carbocycles. The maximum atomic E-state index is 11.6. The number of rotatable bonds is 7. The standard InChI is InChI=1S/C15H22N2O3/c1-4-20-14(18)10-17(11(2)3)9-12-5-7-13(8-6-12)15(16)19/h5-8,11H,4,9-10H2,1-3H3,(H2,16,19). The molecule has 0 spiro atoms. The fraction of sp³-hybridized carbons (Fsp3) is 0.467. The van der Waals surface area contributed by atoms with Crippen LogP contribution in [0.15, 0.2) is 24.3 Å². The lowest BCUT2D eigenvalue weighted by Crippen LogP contribution is -2.36. The zero-order valence-electron chi connectivity index (χ0n) is 12.3. The summed E-state index contributed by atoms with van der Waals surface area (Å²) in [6, 6.07) is 7.30. The van der Waals surface area contributed by atoms with Crippen LogP contribution in [-0.2, 0) is 16.1 Å². The molecule has 0 aliphatic carbocycles. The van der Waals surface area contributed by atoms with E-state index >= 15 is 0 Å². The van der Waals surface area contributed by atoms with Crippen LogP contribution >= 0.6 is 0 Å². The van der Waals surface area contributed by atoms with Crippen LogP contribution in [0.3, 0.4) is 0 Å². The quantitative estimate of drug-likeness (QED) is 0.768. The van der Waals surface area contributed by atoms with Gasteiger partial charge >= 0.3 is 5.97 Å². The third-order valence-electron chi connectivity index (χ3n) is 2.99. The van der Waals surface area contributed by atoms with Crippen molar-refractivity contribution in [3.63, 3.8) is 0 Å². The van der Waals surface area contributed by atoms with E-state index in [1.807, 2.05) is 30.9 Å². The van der Waals surface area contributed by atoms with Crippen LogP contribution in [0, 0.1) is 0 Å². The summed E-state index contributed by atoms with van der Waals surface area (Å²) in [4.78, 5) is 24.6. The fourth-order valence-corrected chi connectivity index (χ4v) is 1.80. The zero-order valence-corrected chi connectivity index (χ0v) is 12.3. The zero-order chi connectivity index (χ0) is 15.1. The van der Waals surface area contributed by atoms with E-state index in [2.05, 4.69) is 0 Å². The van der Waals surface area contributed by atoms with Crippen molar-refractivity contribution in [3.8, 4) is 0 Å². The highest BCUT2D eigenvalue weighted by Gasteiger charge is 2.15. The molecule has 0 atom stereocenters. The van der Waals surface area contributed by atoms with Crippen LogP contribution in [0.4, 0.5) is 0 Å².